The standard InChI is InChI=1S/C13H14BrN3O/c1-8-3-4-10(14)6-11(8)13-9(7-15)5-12(18)17(2)16-13/h3-6H,7,15H2,1-2H3. The van der Waals surface area contributed by atoms with Gasteiger partial charge < -0.3 is 5.73 Å². The molecule has 0 unspecified atom stereocenters. The third-order valence-corrected chi connectivity index (χ3v) is 3.34. The van der Waals surface area contributed by atoms with E-state index in [-0.39, 0.29) is 5.56 Å². The first-order chi connectivity index (χ1) is 8.52. The number of nitrogens with two attached hydrogens (primary N) is 1. The second-order valence-corrected chi connectivity index (χ2v) is 5.06. The minimum Gasteiger partial charge on any atom is -0.326 e. The summed E-state index contributed by atoms with van der Waals surface area (Å²) >= 11 is 3.45. The fourth-order valence-corrected chi connectivity index (χ4v) is 2.17. The van der Waals surface area contributed by atoms with Crippen LogP contribution in [0.25, 0.3) is 11.3 Å². The lowest BCUT2D eigenvalue weighted by Gasteiger charge is -2.11. The Morgan fingerprint density at radius 1 is 1.39 bits per heavy atom. The summed E-state index contributed by atoms with van der Waals surface area (Å²) in [6.07, 6.45) is 0. The lowest BCUT2D eigenvalue weighted by atomic mass is 10.0. The Balaban J connectivity index is 2.73. The summed E-state index contributed by atoms with van der Waals surface area (Å²) in [5.74, 6) is 0. The smallest absolute Gasteiger partial charge is 0.266 e. The van der Waals surface area contributed by atoms with Crippen LogP contribution in [0.2, 0.25) is 0 Å². The molecule has 0 fully saturated rings. The van der Waals surface area contributed by atoms with Gasteiger partial charge in [0, 0.05) is 29.7 Å². The molecule has 0 bridgehead atoms. The summed E-state index contributed by atoms with van der Waals surface area (Å²) < 4.78 is 2.30. The molecule has 1 aromatic heterocycles. The van der Waals surface area contributed by atoms with Gasteiger partial charge in [-0.05, 0) is 30.2 Å². The van der Waals surface area contributed by atoms with E-state index < -0.39 is 0 Å². The monoisotopic (exact) mass is 307 g/mol. The predicted molar refractivity (Wildman–Crippen MR) is 75.2 cm³/mol. The van der Waals surface area contributed by atoms with Crippen LogP contribution in [0.4, 0.5) is 0 Å². The molecule has 18 heavy (non-hydrogen) atoms. The van der Waals surface area contributed by atoms with Crippen molar-refractivity contribution in [1.29, 1.82) is 0 Å². The van der Waals surface area contributed by atoms with Crippen molar-refractivity contribution < 1.29 is 0 Å². The highest BCUT2D eigenvalue weighted by molar-refractivity contribution is 9.10. The number of aryl methyl sites for hydroxylation is 2. The highest BCUT2D eigenvalue weighted by Gasteiger charge is 2.11. The van der Waals surface area contributed by atoms with Crippen LogP contribution in [-0.4, -0.2) is 9.78 Å². The Kier molecular flexibility index (Phi) is 3.63. The minimum atomic E-state index is -0.146. The van der Waals surface area contributed by atoms with Gasteiger partial charge in [0.05, 0.1) is 5.69 Å². The van der Waals surface area contributed by atoms with Crippen molar-refractivity contribution in [2.24, 2.45) is 12.8 Å². The van der Waals surface area contributed by atoms with Gasteiger partial charge in [0.2, 0.25) is 0 Å². The molecule has 5 heteroatoms. The molecule has 0 aliphatic heterocycles. The van der Waals surface area contributed by atoms with E-state index in [1.165, 1.54) is 4.68 Å². The molecule has 1 aromatic carbocycles. The van der Waals surface area contributed by atoms with Crippen molar-refractivity contribution in [3.8, 4) is 11.3 Å². The second-order valence-electron chi connectivity index (χ2n) is 4.14. The maximum Gasteiger partial charge on any atom is 0.266 e. The van der Waals surface area contributed by atoms with Crippen LogP contribution in [-0.2, 0) is 13.6 Å². The molecule has 0 amide bonds. The summed E-state index contributed by atoms with van der Waals surface area (Å²) in [5, 5.41) is 4.32. The van der Waals surface area contributed by atoms with Gasteiger partial charge in [-0.25, -0.2) is 4.68 Å². The van der Waals surface area contributed by atoms with Crippen LogP contribution in [0.1, 0.15) is 11.1 Å². The summed E-state index contributed by atoms with van der Waals surface area (Å²) in [6.45, 7) is 2.30. The van der Waals surface area contributed by atoms with E-state index in [4.69, 9.17) is 5.73 Å². The van der Waals surface area contributed by atoms with Crippen LogP contribution in [0.15, 0.2) is 33.5 Å². The average Bonchev–Trinajstić information content (AvgIpc) is 2.35. The number of aromatic nitrogens is 2. The van der Waals surface area contributed by atoms with E-state index in [1.807, 2.05) is 25.1 Å². The van der Waals surface area contributed by atoms with Crippen molar-refractivity contribution in [3.63, 3.8) is 0 Å². The summed E-state index contributed by atoms with van der Waals surface area (Å²) in [6, 6.07) is 7.51. The summed E-state index contributed by atoms with van der Waals surface area (Å²) in [7, 11) is 1.64. The quantitative estimate of drug-likeness (QED) is 0.923. The van der Waals surface area contributed by atoms with E-state index in [1.54, 1.807) is 13.1 Å². The first-order valence-electron chi connectivity index (χ1n) is 5.56. The molecule has 0 spiro atoms. The van der Waals surface area contributed by atoms with Crippen molar-refractivity contribution in [2.75, 3.05) is 0 Å². The molecular weight excluding hydrogens is 294 g/mol. The Morgan fingerprint density at radius 3 is 2.78 bits per heavy atom. The largest absolute Gasteiger partial charge is 0.326 e. The topological polar surface area (TPSA) is 60.9 Å². The Hall–Kier alpha value is -1.46. The molecule has 94 valence electrons. The molecule has 0 saturated carbocycles. The van der Waals surface area contributed by atoms with E-state index in [0.29, 0.717) is 6.54 Å². The number of hydrogen-bond acceptors (Lipinski definition) is 3. The zero-order valence-corrected chi connectivity index (χ0v) is 11.9. The number of rotatable bonds is 2. The Morgan fingerprint density at radius 2 is 2.11 bits per heavy atom. The van der Waals surface area contributed by atoms with E-state index in [2.05, 4.69) is 21.0 Å². The zero-order valence-electron chi connectivity index (χ0n) is 10.3. The predicted octanol–water partition coefficient (Wildman–Crippen LogP) is 1.98. The van der Waals surface area contributed by atoms with Crippen molar-refractivity contribution in [1.82, 2.24) is 9.78 Å². The molecule has 2 rings (SSSR count). The molecule has 0 saturated heterocycles. The molecule has 0 radical (unpaired) electrons. The minimum absolute atomic E-state index is 0.146. The summed E-state index contributed by atoms with van der Waals surface area (Å²) in [5.41, 5.74) is 9.16. The molecule has 2 aromatic rings. The van der Waals surface area contributed by atoms with E-state index >= 15 is 0 Å². The van der Waals surface area contributed by atoms with Crippen molar-refractivity contribution in [2.45, 2.75) is 13.5 Å². The molecule has 4 nitrogen and oxygen atoms in total. The van der Waals surface area contributed by atoms with Gasteiger partial charge in [0.25, 0.3) is 5.56 Å². The SMILES string of the molecule is Cc1ccc(Br)cc1-c1nn(C)c(=O)cc1CN. The van der Waals surface area contributed by atoms with Gasteiger partial charge in [-0.1, -0.05) is 22.0 Å². The van der Waals surface area contributed by atoms with Gasteiger partial charge >= 0.3 is 0 Å². The zero-order chi connectivity index (χ0) is 13.3. The fraction of sp³-hybridized carbons (Fsp3) is 0.231. The maximum atomic E-state index is 11.6. The second kappa shape index (κ2) is 5.04. The van der Waals surface area contributed by atoms with Crippen LogP contribution in [0, 0.1) is 6.92 Å². The third kappa shape index (κ3) is 2.37. The lowest BCUT2D eigenvalue weighted by molar-refractivity contribution is 0.704. The number of benzene rings is 1. The van der Waals surface area contributed by atoms with Gasteiger partial charge in [-0.15, -0.1) is 0 Å². The van der Waals surface area contributed by atoms with Crippen molar-refractivity contribution in [3.05, 3.63) is 50.2 Å². The number of halogens is 1. The number of nitrogens with zero attached hydrogens (tertiary/aromatic N) is 2. The van der Waals surface area contributed by atoms with Gasteiger partial charge in [0.15, 0.2) is 0 Å². The van der Waals surface area contributed by atoms with E-state index in [9.17, 15) is 4.79 Å². The van der Waals surface area contributed by atoms with Gasteiger partial charge in [0.1, 0.15) is 0 Å². The van der Waals surface area contributed by atoms with E-state index in [0.717, 1.165) is 26.9 Å². The first kappa shape index (κ1) is 13.0. The summed E-state index contributed by atoms with van der Waals surface area (Å²) in [4.78, 5) is 11.6. The highest BCUT2D eigenvalue weighted by Crippen LogP contribution is 2.26. The molecule has 2 N–H and O–H groups in total. The molecular formula is C13H14BrN3O. The molecule has 1 heterocycles. The van der Waals surface area contributed by atoms with Crippen LogP contribution >= 0.6 is 15.9 Å². The van der Waals surface area contributed by atoms with Gasteiger partial charge in [-0.2, -0.15) is 5.10 Å². The third-order valence-electron chi connectivity index (χ3n) is 2.85. The van der Waals surface area contributed by atoms with Crippen molar-refractivity contribution >= 4 is 15.9 Å². The molecule has 0 aliphatic carbocycles. The molecule has 0 atom stereocenters. The number of hydrogen-bond donors (Lipinski definition) is 1. The normalized spacial score (nSPS) is 10.7. The Labute approximate surface area is 114 Å². The highest BCUT2D eigenvalue weighted by atomic mass is 79.9. The maximum absolute atomic E-state index is 11.6. The Bertz CT molecular complexity index is 649. The molecule has 0 aliphatic rings. The first-order valence-corrected chi connectivity index (χ1v) is 6.36. The fourth-order valence-electron chi connectivity index (χ4n) is 1.81. The van der Waals surface area contributed by atoms with Crippen LogP contribution in [0.3, 0.4) is 0 Å². The average molecular weight is 308 g/mol. The van der Waals surface area contributed by atoms with Gasteiger partial charge in [-0.3, -0.25) is 4.79 Å². The lowest BCUT2D eigenvalue weighted by Crippen LogP contribution is -2.21. The van der Waals surface area contributed by atoms with Crippen LogP contribution in [0.5, 0.6) is 0 Å². The van der Waals surface area contributed by atoms with Crippen LogP contribution < -0.4 is 11.3 Å².